The molecule has 0 aliphatic carbocycles. The van der Waals surface area contributed by atoms with Crippen LogP contribution in [0.25, 0.3) is 0 Å². The minimum absolute atomic E-state index is 0.114. The SMILES string of the molecule is CCOCCOc1ccc(NC(=O)c2cccc(OC(C)CC)c2)cc1. The fourth-order valence-corrected chi connectivity index (χ4v) is 2.23. The number of ether oxygens (including phenoxy) is 3. The summed E-state index contributed by atoms with van der Waals surface area (Å²) in [4.78, 5) is 12.4. The highest BCUT2D eigenvalue weighted by atomic mass is 16.5. The molecule has 5 heteroatoms. The average Bonchev–Trinajstić information content (AvgIpc) is 2.66. The van der Waals surface area contributed by atoms with E-state index in [1.807, 2.05) is 50.2 Å². The van der Waals surface area contributed by atoms with Gasteiger partial charge in [-0.2, -0.15) is 0 Å². The van der Waals surface area contributed by atoms with Crippen molar-refractivity contribution >= 4 is 11.6 Å². The molecule has 140 valence electrons. The Morgan fingerprint density at radius 2 is 1.81 bits per heavy atom. The Kier molecular flexibility index (Phi) is 7.96. The van der Waals surface area contributed by atoms with Crippen molar-refractivity contribution in [3.05, 3.63) is 54.1 Å². The van der Waals surface area contributed by atoms with E-state index in [9.17, 15) is 4.79 Å². The van der Waals surface area contributed by atoms with Crippen LogP contribution in [-0.4, -0.2) is 31.8 Å². The summed E-state index contributed by atoms with van der Waals surface area (Å²) in [5.41, 5.74) is 1.27. The van der Waals surface area contributed by atoms with Gasteiger partial charge in [0.2, 0.25) is 0 Å². The summed E-state index contributed by atoms with van der Waals surface area (Å²) in [5, 5.41) is 2.88. The highest BCUT2D eigenvalue weighted by Crippen LogP contribution is 2.19. The number of hydrogen-bond donors (Lipinski definition) is 1. The lowest BCUT2D eigenvalue weighted by Gasteiger charge is -2.13. The topological polar surface area (TPSA) is 56.8 Å². The van der Waals surface area contributed by atoms with Crippen LogP contribution in [0.4, 0.5) is 5.69 Å². The molecule has 1 unspecified atom stereocenters. The molecule has 1 N–H and O–H groups in total. The summed E-state index contributed by atoms with van der Waals surface area (Å²) < 4.78 is 16.6. The van der Waals surface area contributed by atoms with E-state index in [0.717, 1.165) is 12.2 Å². The van der Waals surface area contributed by atoms with Gasteiger partial charge in [-0.25, -0.2) is 0 Å². The van der Waals surface area contributed by atoms with E-state index in [-0.39, 0.29) is 12.0 Å². The van der Waals surface area contributed by atoms with E-state index < -0.39 is 0 Å². The molecule has 1 amide bonds. The number of carbonyl (C=O) groups excluding carboxylic acids is 1. The largest absolute Gasteiger partial charge is 0.491 e. The van der Waals surface area contributed by atoms with Crippen molar-refractivity contribution in [2.24, 2.45) is 0 Å². The summed E-state index contributed by atoms with van der Waals surface area (Å²) in [6, 6.07) is 14.5. The molecule has 0 aliphatic heterocycles. The number of anilines is 1. The highest BCUT2D eigenvalue weighted by molar-refractivity contribution is 6.04. The molecular formula is C21H27NO4. The number of nitrogens with one attached hydrogen (secondary N) is 1. The Bertz CT molecular complexity index is 685. The zero-order valence-corrected chi connectivity index (χ0v) is 15.7. The molecule has 2 aromatic carbocycles. The van der Waals surface area contributed by atoms with E-state index in [0.29, 0.717) is 36.8 Å². The molecule has 0 saturated carbocycles. The van der Waals surface area contributed by atoms with Crippen LogP contribution in [0.2, 0.25) is 0 Å². The van der Waals surface area contributed by atoms with Crippen LogP contribution in [-0.2, 0) is 4.74 Å². The van der Waals surface area contributed by atoms with E-state index in [4.69, 9.17) is 14.2 Å². The Labute approximate surface area is 155 Å². The molecule has 0 saturated heterocycles. The van der Waals surface area contributed by atoms with Crippen LogP contribution in [0.15, 0.2) is 48.5 Å². The Balaban J connectivity index is 1.91. The third-order valence-corrected chi connectivity index (χ3v) is 3.82. The minimum atomic E-state index is -0.176. The van der Waals surface area contributed by atoms with Crippen LogP contribution in [0.1, 0.15) is 37.6 Å². The van der Waals surface area contributed by atoms with Crippen LogP contribution in [0.5, 0.6) is 11.5 Å². The number of rotatable bonds is 10. The lowest BCUT2D eigenvalue weighted by atomic mass is 10.2. The zero-order valence-electron chi connectivity index (χ0n) is 15.7. The molecule has 0 radical (unpaired) electrons. The third kappa shape index (κ3) is 6.41. The second-order valence-corrected chi connectivity index (χ2v) is 5.89. The summed E-state index contributed by atoms with van der Waals surface area (Å²) in [6.07, 6.45) is 1.03. The van der Waals surface area contributed by atoms with Gasteiger partial charge in [0, 0.05) is 17.9 Å². The average molecular weight is 357 g/mol. The molecule has 0 bridgehead atoms. The molecule has 5 nitrogen and oxygen atoms in total. The maximum absolute atomic E-state index is 12.4. The lowest BCUT2D eigenvalue weighted by Crippen LogP contribution is -2.13. The lowest BCUT2D eigenvalue weighted by molar-refractivity contribution is 0.102. The fraction of sp³-hybridized carbons (Fsp3) is 0.381. The molecule has 2 rings (SSSR count). The predicted molar refractivity (Wildman–Crippen MR) is 103 cm³/mol. The monoisotopic (exact) mass is 357 g/mol. The molecule has 26 heavy (non-hydrogen) atoms. The second kappa shape index (κ2) is 10.5. The first-order valence-corrected chi connectivity index (χ1v) is 9.01. The molecular weight excluding hydrogens is 330 g/mol. The first-order valence-electron chi connectivity index (χ1n) is 9.01. The number of benzene rings is 2. The molecule has 0 fully saturated rings. The number of carbonyl (C=O) groups is 1. The minimum Gasteiger partial charge on any atom is -0.491 e. The maximum Gasteiger partial charge on any atom is 0.255 e. The summed E-state index contributed by atoms with van der Waals surface area (Å²) in [5.74, 6) is 1.27. The van der Waals surface area contributed by atoms with Crippen molar-refractivity contribution in [2.75, 3.05) is 25.1 Å². The molecule has 0 aromatic heterocycles. The van der Waals surface area contributed by atoms with Gasteiger partial charge >= 0.3 is 0 Å². The number of amides is 1. The van der Waals surface area contributed by atoms with Crippen molar-refractivity contribution in [2.45, 2.75) is 33.3 Å². The van der Waals surface area contributed by atoms with Gasteiger partial charge in [0.05, 0.1) is 12.7 Å². The van der Waals surface area contributed by atoms with E-state index in [1.165, 1.54) is 0 Å². The smallest absolute Gasteiger partial charge is 0.255 e. The Hall–Kier alpha value is -2.53. The van der Waals surface area contributed by atoms with Crippen molar-refractivity contribution in [1.29, 1.82) is 0 Å². The van der Waals surface area contributed by atoms with Crippen LogP contribution >= 0.6 is 0 Å². The normalized spacial score (nSPS) is 11.7. The van der Waals surface area contributed by atoms with Crippen molar-refractivity contribution in [3.8, 4) is 11.5 Å². The molecule has 2 aromatic rings. The quantitative estimate of drug-likeness (QED) is 0.635. The summed E-state index contributed by atoms with van der Waals surface area (Å²) >= 11 is 0. The molecule has 0 spiro atoms. The van der Waals surface area contributed by atoms with Crippen LogP contribution < -0.4 is 14.8 Å². The van der Waals surface area contributed by atoms with Crippen molar-refractivity contribution in [3.63, 3.8) is 0 Å². The zero-order chi connectivity index (χ0) is 18.8. The molecule has 0 aliphatic rings. The van der Waals surface area contributed by atoms with E-state index in [2.05, 4.69) is 12.2 Å². The van der Waals surface area contributed by atoms with Crippen LogP contribution in [0.3, 0.4) is 0 Å². The van der Waals surface area contributed by atoms with E-state index in [1.54, 1.807) is 12.1 Å². The van der Waals surface area contributed by atoms with Crippen LogP contribution in [0, 0.1) is 0 Å². The second-order valence-electron chi connectivity index (χ2n) is 5.89. The van der Waals surface area contributed by atoms with Crippen molar-refractivity contribution in [1.82, 2.24) is 0 Å². The van der Waals surface area contributed by atoms with E-state index >= 15 is 0 Å². The predicted octanol–water partition coefficient (Wildman–Crippen LogP) is 4.53. The van der Waals surface area contributed by atoms with Gasteiger partial charge in [-0.1, -0.05) is 13.0 Å². The molecule has 1 atom stereocenters. The maximum atomic E-state index is 12.4. The van der Waals surface area contributed by atoms with Gasteiger partial charge in [-0.15, -0.1) is 0 Å². The highest BCUT2D eigenvalue weighted by Gasteiger charge is 2.09. The van der Waals surface area contributed by atoms with Gasteiger partial charge in [0.25, 0.3) is 5.91 Å². The third-order valence-electron chi connectivity index (χ3n) is 3.82. The van der Waals surface area contributed by atoms with Gasteiger partial charge in [-0.3, -0.25) is 4.79 Å². The summed E-state index contributed by atoms with van der Waals surface area (Å²) in [7, 11) is 0. The fourth-order valence-electron chi connectivity index (χ4n) is 2.23. The standard InChI is InChI=1S/C21H27NO4/c1-4-16(3)26-20-8-6-7-17(15-20)21(23)22-18-9-11-19(12-10-18)25-14-13-24-5-2/h6-12,15-16H,4-5,13-14H2,1-3H3,(H,22,23). The number of hydrogen-bond acceptors (Lipinski definition) is 4. The van der Waals surface area contributed by atoms with Gasteiger partial charge in [0.1, 0.15) is 18.1 Å². The van der Waals surface area contributed by atoms with Gasteiger partial charge in [0.15, 0.2) is 0 Å². The van der Waals surface area contributed by atoms with Crippen molar-refractivity contribution < 1.29 is 19.0 Å². The Morgan fingerprint density at radius 3 is 2.50 bits per heavy atom. The Morgan fingerprint density at radius 1 is 1.04 bits per heavy atom. The molecule has 0 heterocycles. The van der Waals surface area contributed by atoms with Gasteiger partial charge < -0.3 is 19.5 Å². The summed E-state index contributed by atoms with van der Waals surface area (Å²) in [6.45, 7) is 7.75. The first kappa shape index (κ1) is 19.8. The van der Waals surface area contributed by atoms with Gasteiger partial charge in [-0.05, 0) is 62.7 Å². The first-order chi connectivity index (χ1) is 12.6.